The Morgan fingerprint density at radius 3 is 2.53 bits per heavy atom. The first kappa shape index (κ1) is 31.0. The van der Waals surface area contributed by atoms with Crippen molar-refractivity contribution >= 4 is 34.4 Å². The zero-order chi connectivity index (χ0) is 31.1. The van der Waals surface area contributed by atoms with E-state index in [1.54, 1.807) is 9.80 Å². The normalized spacial score (nSPS) is 17.4. The summed E-state index contributed by atoms with van der Waals surface area (Å²) in [5.74, 6) is -2.13. The summed E-state index contributed by atoms with van der Waals surface area (Å²) in [4.78, 5) is 35.1. The van der Waals surface area contributed by atoms with Gasteiger partial charge in [0, 0.05) is 66.0 Å². The molecule has 1 atom stereocenters. The number of carbonyl (C=O) groups excluding carboxylic acids is 1. The molecule has 1 unspecified atom stereocenters. The van der Waals surface area contributed by atoms with Crippen LogP contribution in [0.4, 0.5) is 27.8 Å². The van der Waals surface area contributed by atoms with Gasteiger partial charge < -0.3 is 19.4 Å². The average molecular weight is 624 g/mol. The minimum absolute atomic E-state index is 0.0222. The number of amides is 1. The zero-order valence-electron chi connectivity index (χ0n) is 23.6. The lowest BCUT2D eigenvalue weighted by molar-refractivity contribution is -0.137. The molecular formula is C29H30F5N5O3S. The van der Waals surface area contributed by atoms with Gasteiger partial charge in [0.15, 0.2) is 0 Å². The van der Waals surface area contributed by atoms with Crippen LogP contribution in [0.5, 0.6) is 0 Å². The van der Waals surface area contributed by atoms with Crippen LogP contribution in [0.2, 0.25) is 0 Å². The van der Waals surface area contributed by atoms with Crippen LogP contribution in [-0.2, 0) is 22.3 Å². The number of nitrogens with zero attached hydrogens (tertiary/aromatic N) is 5. The number of likely N-dealkylation sites (N-methyl/N-ethyl adjacent to an activating group) is 1. The molecule has 1 saturated heterocycles. The number of aromatic nitrogens is 2. The van der Waals surface area contributed by atoms with E-state index in [0.29, 0.717) is 19.2 Å². The molecular weight excluding hydrogens is 593 g/mol. The minimum atomic E-state index is -4.93. The van der Waals surface area contributed by atoms with Crippen molar-refractivity contribution in [1.29, 1.82) is 0 Å². The summed E-state index contributed by atoms with van der Waals surface area (Å²) in [7, 11) is 3.74. The summed E-state index contributed by atoms with van der Waals surface area (Å²) in [5.41, 5.74) is -2.55. The summed E-state index contributed by atoms with van der Waals surface area (Å²) >= 11 is 1.04. The van der Waals surface area contributed by atoms with Crippen molar-refractivity contribution in [2.24, 2.45) is 0 Å². The molecule has 2 aromatic carbocycles. The van der Waals surface area contributed by atoms with Crippen LogP contribution in [0.15, 0.2) is 46.6 Å². The fourth-order valence-electron chi connectivity index (χ4n) is 5.33. The summed E-state index contributed by atoms with van der Waals surface area (Å²) in [5, 5.41) is 0.0677. The molecule has 0 N–H and O–H groups in total. The van der Waals surface area contributed by atoms with Gasteiger partial charge in [0.05, 0.1) is 30.3 Å². The smallest absolute Gasteiger partial charge is 0.374 e. The second-order valence-corrected chi connectivity index (χ2v) is 11.6. The van der Waals surface area contributed by atoms with E-state index < -0.39 is 46.3 Å². The standard InChI is InChI=1S/C29H30F5N5O3S/c1-4-23(40)37-7-9-38(10-8-37)27-20-14-21(29(32,33)34)24(19-6-5-17(30)13-22(19)31)26-25(20)39(28(41)35-27)15-18(16-43-26)42-12-11-36(2)3/h4-6,13-14,18H,1,7-12,15-16H2,2-3H3. The molecule has 0 aliphatic carbocycles. The van der Waals surface area contributed by atoms with E-state index in [-0.39, 0.29) is 66.0 Å². The average Bonchev–Trinajstić information content (AvgIpc) is 3.15. The lowest BCUT2D eigenvalue weighted by atomic mass is 9.95. The van der Waals surface area contributed by atoms with Crippen molar-refractivity contribution in [2.45, 2.75) is 23.7 Å². The first-order valence-corrected chi connectivity index (χ1v) is 14.6. The second-order valence-electron chi connectivity index (χ2n) is 10.6. The highest BCUT2D eigenvalue weighted by molar-refractivity contribution is 7.99. The zero-order valence-corrected chi connectivity index (χ0v) is 24.4. The maximum Gasteiger partial charge on any atom is 0.417 e. The van der Waals surface area contributed by atoms with E-state index in [4.69, 9.17) is 4.74 Å². The lowest BCUT2D eigenvalue weighted by Gasteiger charge is -2.35. The van der Waals surface area contributed by atoms with Crippen molar-refractivity contribution in [3.63, 3.8) is 0 Å². The van der Waals surface area contributed by atoms with Crippen LogP contribution >= 0.6 is 11.8 Å². The Kier molecular flexibility index (Phi) is 8.82. The SMILES string of the molecule is C=CC(=O)N1CCN(c2nc(=O)n3c4c(c(-c5ccc(F)cc5F)c(C(F)(F)F)cc24)SCC(OCCN(C)C)C3)CC1. The van der Waals surface area contributed by atoms with Crippen molar-refractivity contribution in [3.8, 4) is 11.1 Å². The summed E-state index contributed by atoms with van der Waals surface area (Å²) < 4.78 is 80.6. The largest absolute Gasteiger partial charge is 0.417 e. The highest BCUT2D eigenvalue weighted by atomic mass is 32.2. The van der Waals surface area contributed by atoms with Gasteiger partial charge in [0.2, 0.25) is 5.91 Å². The number of benzene rings is 2. The molecule has 0 radical (unpaired) electrons. The minimum Gasteiger partial charge on any atom is -0.374 e. The number of carbonyl (C=O) groups is 1. The van der Waals surface area contributed by atoms with Crippen LogP contribution in [0.25, 0.3) is 22.0 Å². The molecule has 1 fully saturated rings. The van der Waals surface area contributed by atoms with Crippen LogP contribution < -0.4 is 10.6 Å². The Balaban J connectivity index is 1.74. The van der Waals surface area contributed by atoms with E-state index in [9.17, 15) is 27.2 Å². The number of alkyl halides is 3. The first-order chi connectivity index (χ1) is 20.4. The van der Waals surface area contributed by atoms with E-state index in [0.717, 1.165) is 30.0 Å². The number of thioether (sulfide) groups is 1. The Hall–Kier alpha value is -3.49. The molecule has 0 bridgehead atoms. The lowest BCUT2D eigenvalue weighted by Crippen LogP contribution is -2.49. The highest BCUT2D eigenvalue weighted by Gasteiger charge is 2.39. The third-order valence-electron chi connectivity index (χ3n) is 7.46. The Morgan fingerprint density at radius 1 is 1.19 bits per heavy atom. The fraction of sp³-hybridized carbons (Fsp3) is 0.414. The molecule has 0 spiro atoms. The van der Waals surface area contributed by atoms with Gasteiger partial charge >= 0.3 is 11.9 Å². The number of halogens is 5. The summed E-state index contributed by atoms with van der Waals surface area (Å²) in [6.07, 6.45) is -4.30. The maximum absolute atomic E-state index is 15.2. The molecule has 2 aliphatic rings. The van der Waals surface area contributed by atoms with Gasteiger partial charge in [0.25, 0.3) is 0 Å². The number of hydrogen-bond acceptors (Lipinski definition) is 7. The van der Waals surface area contributed by atoms with Gasteiger partial charge in [0.1, 0.15) is 17.5 Å². The molecule has 0 saturated carbocycles. The Bertz CT molecular complexity index is 1620. The second kappa shape index (κ2) is 12.2. The van der Waals surface area contributed by atoms with E-state index in [2.05, 4.69) is 11.6 Å². The predicted molar refractivity (Wildman–Crippen MR) is 154 cm³/mol. The van der Waals surface area contributed by atoms with E-state index in [1.807, 2.05) is 19.0 Å². The molecule has 1 amide bonds. The molecule has 3 aromatic rings. The number of rotatable bonds is 7. The van der Waals surface area contributed by atoms with Gasteiger partial charge in [-0.3, -0.25) is 9.36 Å². The van der Waals surface area contributed by atoms with Crippen molar-refractivity contribution < 1.29 is 31.5 Å². The molecule has 1 aromatic heterocycles. The van der Waals surface area contributed by atoms with Gasteiger partial charge in [-0.25, -0.2) is 13.6 Å². The van der Waals surface area contributed by atoms with Crippen molar-refractivity contribution in [1.82, 2.24) is 19.4 Å². The van der Waals surface area contributed by atoms with Crippen molar-refractivity contribution in [2.75, 3.05) is 64.1 Å². The molecule has 43 heavy (non-hydrogen) atoms. The van der Waals surface area contributed by atoms with Crippen LogP contribution in [0.3, 0.4) is 0 Å². The predicted octanol–water partition coefficient (Wildman–Crippen LogP) is 4.25. The third-order valence-corrected chi connectivity index (χ3v) is 8.69. The Labute approximate surface area is 248 Å². The van der Waals surface area contributed by atoms with E-state index in [1.165, 1.54) is 10.6 Å². The molecule has 2 aliphatic heterocycles. The van der Waals surface area contributed by atoms with Gasteiger partial charge in [-0.15, -0.1) is 11.8 Å². The molecule has 5 rings (SSSR count). The molecule has 14 heteroatoms. The number of piperazine rings is 1. The van der Waals surface area contributed by atoms with Crippen molar-refractivity contribution in [3.05, 3.63) is 64.6 Å². The number of hydrogen-bond donors (Lipinski definition) is 0. The van der Waals surface area contributed by atoms with Gasteiger partial charge in [-0.2, -0.15) is 18.2 Å². The number of anilines is 1. The highest BCUT2D eigenvalue weighted by Crippen LogP contribution is 2.48. The first-order valence-electron chi connectivity index (χ1n) is 13.6. The maximum atomic E-state index is 15.2. The molecule has 3 heterocycles. The monoisotopic (exact) mass is 623 g/mol. The third kappa shape index (κ3) is 6.27. The van der Waals surface area contributed by atoms with Crippen LogP contribution in [0, 0.1) is 11.6 Å². The molecule has 230 valence electrons. The molecule has 8 nitrogen and oxygen atoms in total. The summed E-state index contributed by atoms with van der Waals surface area (Å²) in [6, 6.07) is 3.31. The van der Waals surface area contributed by atoms with Gasteiger partial charge in [-0.1, -0.05) is 6.58 Å². The van der Waals surface area contributed by atoms with Crippen LogP contribution in [-0.4, -0.2) is 90.5 Å². The van der Waals surface area contributed by atoms with Gasteiger partial charge in [-0.05, 0) is 38.4 Å². The fourth-order valence-corrected chi connectivity index (χ4v) is 6.61. The quantitative estimate of drug-likeness (QED) is 0.288. The van der Waals surface area contributed by atoms with Crippen LogP contribution in [0.1, 0.15) is 5.56 Å². The summed E-state index contributed by atoms with van der Waals surface area (Å²) in [6.45, 7) is 5.37. The number of ether oxygens (including phenoxy) is 1. The van der Waals surface area contributed by atoms with E-state index >= 15 is 4.39 Å². The topological polar surface area (TPSA) is 70.9 Å². The Morgan fingerprint density at radius 2 is 1.91 bits per heavy atom.